The minimum Gasteiger partial charge on any atom is -0.463 e. The zero-order valence-corrected chi connectivity index (χ0v) is 29.1. The predicted octanol–water partition coefficient (Wildman–Crippen LogP) is 7.21. The molecule has 3 aromatic carbocycles. The molecule has 5 rings (SSSR count). The first-order valence-corrected chi connectivity index (χ1v) is 17.5. The Hall–Kier alpha value is -4.54. The Morgan fingerprint density at radius 1 is 0.760 bits per heavy atom. The summed E-state index contributed by atoms with van der Waals surface area (Å²) in [6.07, 6.45) is 1.47. The van der Waals surface area contributed by atoms with Gasteiger partial charge in [-0.1, -0.05) is 92.7 Å². The molecular weight excluding hydrogens is 640 g/mol. The number of esters is 2. The van der Waals surface area contributed by atoms with Gasteiger partial charge in [-0.3, -0.25) is 4.90 Å². The highest BCUT2D eigenvalue weighted by Gasteiger charge is 2.40. The molecule has 50 heavy (non-hydrogen) atoms. The molecule has 1 unspecified atom stereocenters. The number of allylic oxidation sites excluding steroid dienone is 2. The second kappa shape index (κ2) is 17.9. The number of carbonyl (C=O) groups is 2. The molecule has 0 radical (unpaired) electrons. The Morgan fingerprint density at radius 3 is 1.84 bits per heavy atom. The van der Waals surface area contributed by atoms with E-state index in [1.165, 1.54) is 17.2 Å². The van der Waals surface area contributed by atoms with Crippen molar-refractivity contribution in [2.24, 2.45) is 0 Å². The average molecular weight is 688 g/mol. The summed E-state index contributed by atoms with van der Waals surface area (Å²) in [4.78, 5) is 32.3. The highest BCUT2D eigenvalue weighted by molar-refractivity contribution is 6.00. The van der Waals surface area contributed by atoms with Crippen molar-refractivity contribution in [3.63, 3.8) is 0 Å². The van der Waals surface area contributed by atoms with Gasteiger partial charge in [-0.15, -0.1) is 0 Å². The summed E-state index contributed by atoms with van der Waals surface area (Å²) in [6.45, 7) is 6.96. The van der Waals surface area contributed by atoms with Gasteiger partial charge in [-0.05, 0) is 43.4 Å². The van der Waals surface area contributed by atoms with Crippen molar-refractivity contribution in [3.8, 4) is 5.75 Å². The van der Waals surface area contributed by atoms with Crippen LogP contribution in [0.25, 0.3) is 0 Å². The fourth-order valence-electron chi connectivity index (χ4n) is 6.95. The van der Waals surface area contributed by atoms with Crippen LogP contribution in [-0.2, 0) is 19.1 Å². The van der Waals surface area contributed by atoms with Crippen molar-refractivity contribution < 1.29 is 32.6 Å². The third-order valence-corrected chi connectivity index (χ3v) is 9.25. The summed E-state index contributed by atoms with van der Waals surface area (Å²) < 4.78 is 43.2. The first-order chi connectivity index (χ1) is 24.4. The molecule has 0 amide bonds. The zero-order valence-electron chi connectivity index (χ0n) is 29.1. The van der Waals surface area contributed by atoms with E-state index in [2.05, 4.69) is 63.6 Å². The first-order valence-electron chi connectivity index (χ1n) is 17.5. The fraction of sp³-hybridized carbons (Fsp3) is 0.400. The molecule has 266 valence electrons. The highest BCUT2D eigenvalue weighted by Crippen LogP contribution is 2.44. The summed E-state index contributed by atoms with van der Waals surface area (Å²) >= 11 is 0. The number of dihydropyridines is 1. The van der Waals surface area contributed by atoms with Crippen LogP contribution in [0.15, 0.2) is 107 Å². The van der Waals surface area contributed by atoms with E-state index < -0.39 is 24.5 Å². The molecule has 0 spiro atoms. The third-order valence-electron chi connectivity index (χ3n) is 9.25. The maximum absolute atomic E-state index is 13.9. The van der Waals surface area contributed by atoms with Crippen LogP contribution in [0.5, 0.6) is 5.75 Å². The van der Waals surface area contributed by atoms with Gasteiger partial charge in [-0.2, -0.15) is 8.78 Å². The van der Waals surface area contributed by atoms with Gasteiger partial charge in [0, 0.05) is 49.7 Å². The van der Waals surface area contributed by atoms with E-state index in [-0.39, 0.29) is 41.7 Å². The molecule has 2 aliphatic rings. The lowest BCUT2D eigenvalue weighted by atomic mass is 9.79. The summed E-state index contributed by atoms with van der Waals surface area (Å²) in [5.41, 5.74) is 4.32. The van der Waals surface area contributed by atoms with Crippen molar-refractivity contribution in [2.45, 2.75) is 58.6 Å². The van der Waals surface area contributed by atoms with Crippen molar-refractivity contribution >= 4 is 11.9 Å². The van der Waals surface area contributed by atoms with Gasteiger partial charge in [0.25, 0.3) is 0 Å². The molecule has 2 aliphatic heterocycles. The van der Waals surface area contributed by atoms with Gasteiger partial charge in [0.15, 0.2) is 0 Å². The number of piperazine rings is 1. The number of halogens is 2. The summed E-state index contributed by atoms with van der Waals surface area (Å²) in [5, 5.41) is 3.27. The summed E-state index contributed by atoms with van der Waals surface area (Å²) in [6, 6.07) is 27.6. The van der Waals surface area contributed by atoms with Crippen LogP contribution < -0.4 is 10.1 Å². The topological polar surface area (TPSA) is 80.3 Å². The van der Waals surface area contributed by atoms with Crippen LogP contribution in [-0.4, -0.2) is 74.3 Å². The number of nitrogens with one attached hydrogen (secondary N) is 1. The summed E-state index contributed by atoms with van der Waals surface area (Å²) in [7, 11) is 0. The maximum atomic E-state index is 13.9. The normalized spacial score (nSPS) is 17.2. The predicted molar refractivity (Wildman–Crippen MR) is 189 cm³/mol. The second-order valence-corrected chi connectivity index (χ2v) is 12.3. The lowest BCUT2D eigenvalue weighted by molar-refractivity contribution is -0.140. The highest BCUT2D eigenvalue weighted by atomic mass is 19.3. The summed E-state index contributed by atoms with van der Waals surface area (Å²) in [5.74, 6) is -2.37. The molecule has 0 bridgehead atoms. The van der Waals surface area contributed by atoms with Crippen molar-refractivity contribution in [3.05, 3.63) is 124 Å². The number of ether oxygens (including phenoxy) is 3. The van der Waals surface area contributed by atoms with Crippen LogP contribution in [0.1, 0.15) is 68.7 Å². The first kappa shape index (κ1) is 36.7. The Morgan fingerprint density at radius 2 is 1.30 bits per heavy atom. The number of carbonyl (C=O) groups excluding carboxylic acids is 2. The zero-order chi connectivity index (χ0) is 35.5. The monoisotopic (exact) mass is 687 g/mol. The molecule has 0 aromatic heterocycles. The molecule has 2 heterocycles. The van der Waals surface area contributed by atoms with Crippen LogP contribution in [0, 0.1) is 0 Å². The molecule has 1 N–H and O–H groups in total. The molecule has 0 saturated carbocycles. The van der Waals surface area contributed by atoms with E-state index >= 15 is 0 Å². The largest absolute Gasteiger partial charge is 0.463 e. The number of hydrogen-bond donors (Lipinski definition) is 1. The van der Waals surface area contributed by atoms with Crippen molar-refractivity contribution in [2.75, 3.05) is 45.9 Å². The van der Waals surface area contributed by atoms with Crippen LogP contribution in [0.4, 0.5) is 8.78 Å². The van der Waals surface area contributed by atoms with Crippen LogP contribution in [0.3, 0.4) is 0 Å². The lowest BCUT2D eigenvalue weighted by Crippen LogP contribution is -2.48. The molecule has 3 aromatic rings. The molecule has 8 nitrogen and oxygen atoms in total. The minimum atomic E-state index is -3.09. The molecule has 0 aliphatic carbocycles. The van der Waals surface area contributed by atoms with Gasteiger partial charge in [0.1, 0.15) is 5.75 Å². The third kappa shape index (κ3) is 8.78. The van der Waals surface area contributed by atoms with Crippen molar-refractivity contribution in [1.82, 2.24) is 15.1 Å². The Kier molecular flexibility index (Phi) is 13.2. The number of para-hydroxylation sites is 1. The Balaban J connectivity index is 1.27. The van der Waals surface area contributed by atoms with Gasteiger partial charge in [-0.25, -0.2) is 9.59 Å². The van der Waals surface area contributed by atoms with Crippen LogP contribution in [0.2, 0.25) is 0 Å². The van der Waals surface area contributed by atoms with E-state index in [0.29, 0.717) is 30.7 Å². The van der Waals surface area contributed by atoms with E-state index in [4.69, 9.17) is 14.2 Å². The van der Waals surface area contributed by atoms with E-state index in [1.54, 1.807) is 25.1 Å². The number of hydrogen-bond acceptors (Lipinski definition) is 8. The number of nitrogens with zero attached hydrogens (tertiary/aromatic N) is 2. The van der Waals surface area contributed by atoms with Gasteiger partial charge < -0.3 is 24.4 Å². The molecule has 1 saturated heterocycles. The van der Waals surface area contributed by atoms with Crippen LogP contribution >= 0.6 is 0 Å². The standard InChI is InChI=1S/C40H47F2N3O5/c1-4-31-35(38(46)48-6-3)34(30-20-13-14-21-33(30)50-40(41)42)36(32(5-2)43-31)39(47)49-27-15-22-44-23-25-45(26-24-44)37(28-16-9-7-10-17-28)29-18-11-8-12-19-29/h7-14,16-21,34,37,40,43H,4-6,15,22-27H2,1-3H3. The minimum absolute atomic E-state index is 0.110. The number of benzene rings is 3. The van der Waals surface area contributed by atoms with Crippen molar-refractivity contribution in [1.29, 1.82) is 0 Å². The van der Waals surface area contributed by atoms with E-state index in [1.807, 2.05) is 26.0 Å². The lowest BCUT2D eigenvalue weighted by Gasteiger charge is -2.39. The number of rotatable bonds is 15. The SMILES string of the molecule is CCOC(=O)C1=C(CC)NC(CC)=C(C(=O)OCCCN2CCN(C(c3ccccc3)c3ccccc3)CC2)C1c1ccccc1OC(F)F. The maximum Gasteiger partial charge on any atom is 0.387 e. The second-order valence-electron chi connectivity index (χ2n) is 12.3. The molecule has 1 fully saturated rings. The Bertz CT molecular complexity index is 1600. The van der Waals surface area contributed by atoms with Gasteiger partial charge >= 0.3 is 18.6 Å². The average Bonchev–Trinajstić information content (AvgIpc) is 3.14. The Labute approximate surface area is 293 Å². The van der Waals surface area contributed by atoms with Gasteiger partial charge in [0.2, 0.25) is 0 Å². The molecular formula is C40H47F2N3O5. The smallest absolute Gasteiger partial charge is 0.387 e. The molecule has 10 heteroatoms. The fourth-order valence-corrected chi connectivity index (χ4v) is 6.95. The van der Waals surface area contributed by atoms with E-state index in [9.17, 15) is 18.4 Å². The van der Waals surface area contributed by atoms with Gasteiger partial charge in [0.05, 0.1) is 36.3 Å². The number of alkyl halides is 2. The van der Waals surface area contributed by atoms with E-state index in [0.717, 1.165) is 32.7 Å². The molecule has 1 atom stereocenters. The quantitative estimate of drug-likeness (QED) is 0.133.